The van der Waals surface area contributed by atoms with Gasteiger partial charge in [-0.1, -0.05) is 0 Å². The van der Waals surface area contributed by atoms with Crippen molar-refractivity contribution in [1.82, 2.24) is 0 Å². The first-order valence-electron chi connectivity index (χ1n) is 3.46. The number of alkyl halides is 5. The Labute approximate surface area is 76.8 Å². The van der Waals surface area contributed by atoms with E-state index in [9.17, 15) is 0 Å². The Hall–Kier alpha value is 1.46. The molecule has 0 spiro atoms. The predicted molar refractivity (Wildman–Crippen MR) is 50.5 cm³/mol. The van der Waals surface area contributed by atoms with Crippen LogP contribution in [0.1, 0.15) is 20.8 Å². The Kier molecular flexibility index (Phi) is 5.99. The van der Waals surface area contributed by atoms with Crippen LogP contribution >= 0.6 is 22.6 Å². The quantitative estimate of drug-likeness (QED) is 0.476. The summed E-state index contributed by atoms with van der Waals surface area (Å²) in [6.07, 6.45) is 0. The van der Waals surface area contributed by atoms with Crippen molar-refractivity contribution < 1.29 is 18.4 Å². The van der Waals surface area contributed by atoms with Gasteiger partial charge in [0.25, 0.3) is 0 Å². The molecule has 0 saturated carbocycles. The van der Waals surface area contributed by atoms with Gasteiger partial charge < -0.3 is 0 Å². The van der Waals surface area contributed by atoms with E-state index in [0.717, 1.165) is 0 Å². The molecule has 0 bridgehead atoms. The molecule has 0 fully saturated rings. The first kappa shape index (κ1) is 10.5. The first-order chi connectivity index (χ1) is 4.24. The number of rotatable bonds is 4. The molecule has 0 radical (unpaired) electrons. The minimum atomic E-state index is -1.11. The molecule has 0 N–H and O–H groups in total. The summed E-state index contributed by atoms with van der Waals surface area (Å²) < 4.78 is 6.04. The van der Waals surface area contributed by atoms with Crippen molar-refractivity contribution >= 4 is 22.6 Å². The zero-order chi connectivity index (χ0) is 7.33. The molecule has 0 aliphatic carbocycles. The normalized spacial score (nSPS) is 13.8. The summed E-state index contributed by atoms with van der Waals surface area (Å²) in [5.74, 6) is 0. The molecular formula is C7H17I2-. The zero-order valence-corrected chi connectivity index (χ0v) is 10.9. The molecule has 0 saturated heterocycles. The van der Waals surface area contributed by atoms with Gasteiger partial charge in [0.1, 0.15) is 0 Å². The van der Waals surface area contributed by atoms with E-state index in [0.29, 0.717) is 0 Å². The molecule has 0 aromatic rings. The Balaban J connectivity index is 3.82. The molecule has 0 nitrogen and oxygen atoms in total. The van der Waals surface area contributed by atoms with Gasteiger partial charge in [-0.3, -0.25) is 0 Å². The summed E-state index contributed by atoms with van der Waals surface area (Å²) in [5, 5.41) is 0. The maximum atomic E-state index is 2.58. The molecule has 0 aliphatic rings. The van der Waals surface area contributed by atoms with Crippen LogP contribution in [0.2, 0.25) is 0 Å². The van der Waals surface area contributed by atoms with E-state index in [1.165, 1.54) is 15.7 Å². The van der Waals surface area contributed by atoms with Crippen molar-refractivity contribution in [3.05, 3.63) is 0 Å². The van der Waals surface area contributed by atoms with Gasteiger partial charge in [-0.05, 0) is 0 Å². The van der Waals surface area contributed by atoms with Crippen LogP contribution in [-0.2, 0) is 0 Å². The van der Waals surface area contributed by atoms with Crippen LogP contribution in [0.5, 0.6) is 0 Å². The molecule has 0 atom stereocenters. The molecule has 0 unspecified atom stereocenters. The summed E-state index contributed by atoms with van der Waals surface area (Å²) in [5.41, 5.74) is 0. The molecule has 0 amide bonds. The van der Waals surface area contributed by atoms with Gasteiger partial charge in [0, 0.05) is 0 Å². The molecular weight excluding hydrogens is 338 g/mol. The van der Waals surface area contributed by atoms with E-state index in [1.807, 2.05) is 0 Å². The molecule has 60 valence electrons. The first-order valence-corrected chi connectivity index (χ1v) is 11.1. The third-order valence-corrected chi connectivity index (χ3v) is 21.1. The molecule has 0 heterocycles. The maximum absolute atomic E-state index is 2.58. The fourth-order valence-electron chi connectivity index (χ4n) is 0.781. The molecule has 0 aromatic carbocycles. The van der Waals surface area contributed by atoms with E-state index < -0.39 is 18.4 Å². The summed E-state index contributed by atoms with van der Waals surface area (Å²) in [6, 6.07) is 0. The van der Waals surface area contributed by atoms with Crippen LogP contribution in [0.3, 0.4) is 0 Å². The van der Waals surface area contributed by atoms with Gasteiger partial charge in [-0.15, -0.1) is 0 Å². The molecule has 2 heteroatoms. The predicted octanol–water partition coefficient (Wildman–Crippen LogP) is -0.401. The van der Waals surface area contributed by atoms with Crippen molar-refractivity contribution in [3.63, 3.8) is 0 Å². The van der Waals surface area contributed by atoms with E-state index in [4.69, 9.17) is 0 Å². The second-order valence-electron chi connectivity index (χ2n) is 2.04. The third-order valence-electron chi connectivity index (χ3n) is 1.92. The Morgan fingerprint density at radius 1 is 1.00 bits per heavy atom. The average Bonchev–Trinajstić information content (AvgIpc) is 1.95. The van der Waals surface area contributed by atoms with E-state index in [1.54, 1.807) is 0 Å². The molecule has 0 rings (SSSR count). The molecule has 9 heavy (non-hydrogen) atoms. The standard InChI is InChI=1S/C7H17I2/c1-4-9(5-2,6-3)7-8/h4-7H2,1-3H3/q-1. The van der Waals surface area contributed by atoms with Crippen LogP contribution in [0.25, 0.3) is 0 Å². The van der Waals surface area contributed by atoms with Crippen LogP contribution in [0, 0.1) is 0 Å². The topological polar surface area (TPSA) is 0 Å². The van der Waals surface area contributed by atoms with Gasteiger partial charge in [-0.2, -0.15) is 0 Å². The van der Waals surface area contributed by atoms with Crippen molar-refractivity contribution in [2.45, 2.75) is 20.8 Å². The van der Waals surface area contributed by atoms with Gasteiger partial charge in [-0.25, -0.2) is 0 Å². The van der Waals surface area contributed by atoms with Crippen molar-refractivity contribution in [2.24, 2.45) is 0 Å². The van der Waals surface area contributed by atoms with Gasteiger partial charge in [0.2, 0.25) is 0 Å². The monoisotopic (exact) mass is 355 g/mol. The zero-order valence-electron chi connectivity index (χ0n) is 6.58. The fourth-order valence-corrected chi connectivity index (χ4v) is 13.4. The van der Waals surface area contributed by atoms with Gasteiger partial charge >= 0.3 is 77.5 Å². The number of hydrogen-bond donors (Lipinski definition) is 0. The Morgan fingerprint density at radius 2 is 1.33 bits per heavy atom. The summed E-state index contributed by atoms with van der Waals surface area (Å²) in [6.45, 7) is 7.13. The Bertz CT molecular complexity index is 49.8. The number of halogens is 2. The van der Waals surface area contributed by atoms with Crippen LogP contribution in [-0.4, -0.2) is 15.7 Å². The summed E-state index contributed by atoms with van der Waals surface area (Å²) in [4.78, 5) is 0. The van der Waals surface area contributed by atoms with Crippen molar-refractivity contribution in [1.29, 1.82) is 0 Å². The van der Waals surface area contributed by atoms with Crippen molar-refractivity contribution in [2.75, 3.05) is 15.7 Å². The van der Waals surface area contributed by atoms with E-state index >= 15 is 0 Å². The summed E-state index contributed by atoms with van der Waals surface area (Å²) >= 11 is 1.48. The molecule has 0 aliphatic heterocycles. The third kappa shape index (κ3) is 2.91. The summed E-state index contributed by atoms with van der Waals surface area (Å²) in [7, 11) is 0. The van der Waals surface area contributed by atoms with Crippen LogP contribution < -0.4 is 18.4 Å². The molecule has 0 aromatic heterocycles. The van der Waals surface area contributed by atoms with Crippen molar-refractivity contribution in [3.8, 4) is 0 Å². The SMILES string of the molecule is CC[I-](CC)(CC)CI. The van der Waals surface area contributed by atoms with Crippen LogP contribution in [0.4, 0.5) is 0 Å². The van der Waals surface area contributed by atoms with Crippen LogP contribution in [0.15, 0.2) is 0 Å². The van der Waals surface area contributed by atoms with E-state index in [2.05, 4.69) is 43.4 Å². The Morgan fingerprint density at radius 3 is 1.33 bits per heavy atom. The second-order valence-corrected chi connectivity index (χ2v) is 17.5. The van der Waals surface area contributed by atoms with Gasteiger partial charge in [0.05, 0.1) is 0 Å². The average molecular weight is 355 g/mol. The van der Waals surface area contributed by atoms with Gasteiger partial charge in [0.15, 0.2) is 0 Å². The fraction of sp³-hybridized carbons (Fsp3) is 1.00. The van der Waals surface area contributed by atoms with E-state index in [-0.39, 0.29) is 0 Å². The second kappa shape index (κ2) is 5.16. The number of hydrogen-bond acceptors (Lipinski definition) is 0. The minimum absolute atomic E-state index is 1.11.